The monoisotopic (exact) mass is 565 g/mol. The molecule has 1 fully saturated rings. The third-order valence-electron chi connectivity index (χ3n) is 6.74. The number of thioether (sulfide) groups is 1. The Labute approximate surface area is 235 Å². The normalized spacial score (nSPS) is 15.6. The molecule has 1 aliphatic rings. The number of benzene rings is 1. The number of amides is 2. The van der Waals surface area contributed by atoms with Gasteiger partial charge in [0.05, 0.1) is 0 Å². The van der Waals surface area contributed by atoms with E-state index in [9.17, 15) is 14.4 Å². The van der Waals surface area contributed by atoms with E-state index >= 15 is 0 Å². The van der Waals surface area contributed by atoms with Gasteiger partial charge < -0.3 is 19.5 Å². The summed E-state index contributed by atoms with van der Waals surface area (Å²) in [6, 6.07) is 6.52. The first-order chi connectivity index (χ1) is 17.7. The highest BCUT2D eigenvalue weighted by Gasteiger charge is 2.45. The van der Waals surface area contributed by atoms with E-state index in [1.54, 1.807) is 6.07 Å². The maximum absolute atomic E-state index is 13.7. The number of carbonyl (C=O) groups is 3. The average molecular weight is 566 g/mol. The van der Waals surface area contributed by atoms with Crippen molar-refractivity contribution in [2.45, 2.75) is 76.2 Å². The van der Waals surface area contributed by atoms with Crippen LogP contribution in [-0.4, -0.2) is 76.2 Å². The molecule has 0 saturated heterocycles. The Morgan fingerprint density at radius 1 is 1.16 bits per heavy atom. The zero-order valence-electron chi connectivity index (χ0n) is 22.9. The van der Waals surface area contributed by atoms with Gasteiger partial charge in [0.25, 0.3) is 17.0 Å². The number of aromatic nitrogens is 2. The summed E-state index contributed by atoms with van der Waals surface area (Å²) in [7, 11) is 3.96. The van der Waals surface area contributed by atoms with Crippen molar-refractivity contribution in [1.29, 1.82) is 0 Å². The molecule has 210 valence electrons. The van der Waals surface area contributed by atoms with E-state index in [0.717, 1.165) is 37.1 Å². The highest BCUT2D eigenvalue weighted by atomic mass is 35.5. The third kappa shape index (κ3) is 8.04. The van der Waals surface area contributed by atoms with E-state index in [-0.39, 0.29) is 30.1 Å². The minimum Gasteiger partial charge on any atom is -0.408 e. The lowest BCUT2D eigenvalue weighted by Gasteiger charge is -2.48. The number of nitrogens with zero attached hydrogens (tertiary/aromatic N) is 4. The van der Waals surface area contributed by atoms with E-state index in [0.29, 0.717) is 36.5 Å². The van der Waals surface area contributed by atoms with Gasteiger partial charge in [-0.25, -0.2) is 0 Å². The van der Waals surface area contributed by atoms with Gasteiger partial charge in [0, 0.05) is 17.9 Å². The molecule has 1 heterocycles. The maximum Gasteiger partial charge on any atom is 0.286 e. The van der Waals surface area contributed by atoms with E-state index in [1.807, 2.05) is 58.0 Å². The van der Waals surface area contributed by atoms with Crippen LogP contribution in [0.15, 0.2) is 33.9 Å². The van der Waals surface area contributed by atoms with Crippen molar-refractivity contribution in [1.82, 2.24) is 25.3 Å². The largest absolute Gasteiger partial charge is 0.408 e. The highest BCUT2D eigenvalue weighted by Crippen LogP contribution is 2.35. The van der Waals surface area contributed by atoms with E-state index in [2.05, 4.69) is 15.5 Å². The summed E-state index contributed by atoms with van der Waals surface area (Å²) in [5.41, 5.74) is 0.433. The number of nitrogens with one attached hydrogen (secondary N) is 1. The minimum atomic E-state index is -0.974. The van der Waals surface area contributed by atoms with Crippen LogP contribution in [0.3, 0.4) is 0 Å². The van der Waals surface area contributed by atoms with Crippen molar-refractivity contribution in [3.63, 3.8) is 0 Å². The van der Waals surface area contributed by atoms with Crippen LogP contribution in [0.4, 0.5) is 0 Å². The Balaban J connectivity index is 0.00000507. The van der Waals surface area contributed by atoms with Gasteiger partial charge in [-0.15, -0.1) is 22.6 Å². The molecule has 0 bridgehead atoms. The highest BCUT2D eigenvalue weighted by molar-refractivity contribution is 7.99. The number of carbonyl (C=O) groups excluding carboxylic acids is 3. The number of hydrogen-bond acceptors (Lipinski definition) is 8. The molecule has 2 aromatic rings. The van der Waals surface area contributed by atoms with Gasteiger partial charge in [-0.05, 0) is 70.7 Å². The first kappa shape index (κ1) is 31.8. The Hall–Kier alpha value is -2.43. The van der Waals surface area contributed by atoms with E-state index in [4.69, 9.17) is 4.42 Å². The molecule has 1 aliphatic carbocycles. The topological polar surface area (TPSA) is 109 Å². The van der Waals surface area contributed by atoms with Crippen molar-refractivity contribution in [2.75, 3.05) is 26.4 Å². The van der Waals surface area contributed by atoms with Crippen LogP contribution < -0.4 is 5.32 Å². The van der Waals surface area contributed by atoms with Crippen LogP contribution >= 0.6 is 24.2 Å². The molecule has 0 radical (unpaired) electrons. The second kappa shape index (κ2) is 14.6. The summed E-state index contributed by atoms with van der Waals surface area (Å²) in [6.45, 7) is 6.71. The molecule has 1 atom stereocenters. The molecule has 1 unspecified atom stereocenters. The fourth-order valence-corrected chi connectivity index (χ4v) is 5.65. The minimum absolute atomic E-state index is 0. The number of rotatable bonds is 13. The number of halogens is 1. The zero-order chi connectivity index (χ0) is 27.0. The Morgan fingerprint density at radius 2 is 1.84 bits per heavy atom. The van der Waals surface area contributed by atoms with Gasteiger partial charge in [-0.3, -0.25) is 14.4 Å². The molecule has 1 saturated carbocycles. The molecule has 9 nitrogen and oxygen atoms in total. The lowest BCUT2D eigenvalue weighted by molar-refractivity contribution is -0.129. The molecule has 0 aliphatic heterocycles. The molecule has 38 heavy (non-hydrogen) atoms. The number of aryl methyl sites for hydroxylation is 1. The summed E-state index contributed by atoms with van der Waals surface area (Å²) in [5, 5.41) is 11.6. The van der Waals surface area contributed by atoms with E-state index in [1.165, 1.54) is 16.7 Å². The van der Waals surface area contributed by atoms with Crippen molar-refractivity contribution < 1.29 is 18.8 Å². The molecule has 3 rings (SSSR count). The first-order valence-corrected chi connectivity index (χ1v) is 13.9. The molecular formula is C27H40ClN5O4S. The van der Waals surface area contributed by atoms with Crippen LogP contribution in [0.2, 0.25) is 0 Å². The summed E-state index contributed by atoms with van der Waals surface area (Å²) >= 11 is 1.39. The Kier molecular flexibility index (Phi) is 12.3. The molecular weight excluding hydrogens is 526 g/mol. The SMILES string of the molecule is Cc1ccccc1C(=O)NC1(N(C=O)C(CC(C)C)C(=O)c2nnc(SCCN(C)C)o2)CCCCC1.Cl. The lowest BCUT2D eigenvalue weighted by Crippen LogP contribution is -2.65. The summed E-state index contributed by atoms with van der Waals surface area (Å²) in [6.07, 6.45) is 4.95. The second-order valence-corrected chi connectivity index (χ2v) is 11.5. The predicted molar refractivity (Wildman–Crippen MR) is 151 cm³/mol. The van der Waals surface area contributed by atoms with Gasteiger partial charge in [0.15, 0.2) is 0 Å². The van der Waals surface area contributed by atoms with E-state index < -0.39 is 17.5 Å². The average Bonchev–Trinajstić information content (AvgIpc) is 3.32. The third-order valence-corrected chi connectivity index (χ3v) is 7.54. The number of ketones is 1. The summed E-state index contributed by atoms with van der Waals surface area (Å²) in [5.74, 6) is 0.0945. The van der Waals surface area contributed by atoms with Crippen LogP contribution in [0.1, 0.15) is 79.0 Å². The molecule has 1 aromatic heterocycles. The van der Waals surface area contributed by atoms with Gasteiger partial charge in [0.2, 0.25) is 12.2 Å². The fraction of sp³-hybridized carbons (Fsp3) is 0.593. The predicted octanol–water partition coefficient (Wildman–Crippen LogP) is 4.60. The smallest absolute Gasteiger partial charge is 0.286 e. The van der Waals surface area contributed by atoms with Crippen LogP contribution in [0, 0.1) is 12.8 Å². The van der Waals surface area contributed by atoms with Gasteiger partial charge in [-0.2, -0.15) is 0 Å². The maximum atomic E-state index is 13.7. The van der Waals surface area contributed by atoms with Crippen molar-refractivity contribution >= 4 is 42.3 Å². The molecule has 2 amide bonds. The number of hydrogen-bond donors (Lipinski definition) is 1. The summed E-state index contributed by atoms with van der Waals surface area (Å²) in [4.78, 5) is 43.4. The summed E-state index contributed by atoms with van der Waals surface area (Å²) < 4.78 is 5.71. The first-order valence-electron chi connectivity index (χ1n) is 12.9. The van der Waals surface area contributed by atoms with Crippen molar-refractivity contribution in [2.24, 2.45) is 5.92 Å². The second-order valence-electron chi connectivity index (χ2n) is 10.4. The van der Waals surface area contributed by atoms with Crippen LogP contribution in [0.25, 0.3) is 0 Å². The fourth-order valence-electron chi connectivity index (χ4n) is 4.78. The van der Waals surface area contributed by atoms with Gasteiger partial charge in [0.1, 0.15) is 11.7 Å². The standard InChI is InChI=1S/C27H39N5O4S.ClH/c1-19(2)17-22(23(34)25-29-30-26(36-25)37-16-15-31(4)5)32(18-33)27(13-9-6-10-14-27)28-24(35)21-12-8-7-11-20(21)3;/h7-8,11-12,18-19,22H,6,9-10,13-17H2,1-5H3,(H,28,35);1H. The Morgan fingerprint density at radius 3 is 2.45 bits per heavy atom. The zero-order valence-corrected chi connectivity index (χ0v) is 24.6. The quantitative estimate of drug-likeness (QED) is 0.162. The number of Topliss-reactive ketones (excluding diaryl/α,β-unsaturated/α-hetero) is 1. The Bertz CT molecular complexity index is 1070. The lowest BCUT2D eigenvalue weighted by atomic mass is 9.84. The van der Waals surface area contributed by atoms with Crippen LogP contribution in [-0.2, 0) is 4.79 Å². The molecule has 1 N–H and O–H groups in total. The van der Waals surface area contributed by atoms with Gasteiger partial charge in [-0.1, -0.05) is 50.2 Å². The van der Waals surface area contributed by atoms with Gasteiger partial charge >= 0.3 is 0 Å². The molecule has 11 heteroatoms. The molecule has 1 aromatic carbocycles. The van der Waals surface area contributed by atoms with Crippen molar-refractivity contribution in [3.8, 4) is 0 Å². The van der Waals surface area contributed by atoms with Crippen LogP contribution in [0.5, 0.6) is 0 Å². The van der Waals surface area contributed by atoms with Crippen molar-refractivity contribution in [3.05, 3.63) is 41.3 Å². The molecule has 0 spiro atoms.